The van der Waals surface area contributed by atoms with Crippen LogP contribution in [-0.4, -0.2) is 66.4 Å². The Labute approximate surface area is 117 Å². The smallest absolute Gasteiger partial charge is 0.205 e. The molecule has 0 unspecified atom stereocenters. The van der Waals surface area contributed by atoms with Gasteiger partial charge in [-0.1, -0.05) is 0 Å². The van der Waals surface area contributed by atoms with Crippen LogP contribution < -0.4 is 5.73 Å². The molecular weight excluding hydrogens is 285 g/mol. The topological polar surface area (TPSA) is 140 Å². The van der Waals surface area contributed by atoms with Crippen LogP contribution in [0.3, 0.4) is 0 Å². The van der Waals surface area contributed by atoms with Gasteiger partial charge in [-0.2, -0.15) is 0 Å². The molecule has 0 saturated carbocycles. The number of aromatic nitrogens is 4. The van der Waals surface area contributed by atoms with Crippen molar-refractivity contribution in [2.24, 2.45) is 0 Å². The van der Waals surface area contributed by atoms with E-state index in [9.17, 15) is 14.6 Å². The van der Waals surface area contributed by atoms with Crippen molar-refractivity contribution >= 4 is 17.0 Å². The third kappa shape index (κ3) is 1.73. The van der Waals surface area contributed by atoms with E-state index in [0.717, 1.165) is 0 Å². The zero-order valence-electron chi connectivity index (χ0n) is 10.8. The predicted octanol–water partition coefficient (Wildman–Crippen LogP) is -1.86. The monoisotopic (exact) mass is 299 g/mol. The van der Waals surface area contributed by atoms with Gasteiger partial charge >= 0.3 is 0 Å². The number of alkyl halides is 1. The van der Waals surface area contributed by atoms with E-state index in [1.807, 2.05) is 0 Å². The fourth-order valence-corrected chi connectivity index (χ4v) is 2.56. The number of nitrogens with two attached hydrogens (primary N) is 1. The molecule has 114 valence electrons. The Bertz CT molecular complexity index is 667. The standard InChI is InChI=1S/C11H14FN5O4/c12-1-6(19)11(8(20)5(2-18)21-11)17-4-16-7-9(13)14-3-15-10(7)17/h3-6,8,18-20H,1-2H2,(H2,13,14,15)/t5-,6+,8-,11-/m1/s1. The lowest BCUT2D eigenvalue weighted by Crippen LogP contribution is -2.71. The number of halogens is 1. The van der Waals surface area contributed by atoms with Gasteiger partial charge in [-0.3, -0.25) is 4.57 Å². The molecule has 0 spiro atoms. The number of anilines is 1. The van der Waals surface area contributed by atoms with Crippen LogP contribution in [0, 0.1) is 0 Å². The molecule has 1 aliphatic heterocycles. The molecule has 4 atom stereocenters. The van der Waals surface area contributed by atoms with E-state index in [-0.39, 0.29) is 17.0 Å². The SMILES string of the molecule is Nc1ncnc2c1ncn2[C@]1([C@@H](O)CF)O[C@H](CO)[C@H]1O. The van der Waals surface area contributed by atoms with Crippen LogP contribution in [0.1, 0.15) is 0 Å². The van der Waals surface area contributed by atoms with E-state index < -0.39 is 37.3 Å². The number of imidazole rings is 1. The Morgan fingerprint density at radius 2 is 2.24 bits per heavy atom. The summed E-state index contributed by atoms with van der Waals surface area (Å²) >= 11 is 0. The molecule has 1 aliphatic rings. The van der Waals surface area contributed by atoms with Crippen LogP contribution in [0.15, 0.2) is 12.7 Å². The van der Waals surface area contributed by atoms with Gasteiger partial charge in [0.1, 0.15) is 36.8 Å². The highest BCUT2D eigenvalue weighted by molar-refractivity contribution is 5.81. The quantitative estimate of drug-likeness (QED) is 0.515. The van der Waals surface area contributed by atoms with Gasteiger partial charge in [0.25, 0.3) is 0 Å². The first-order valence-electron chi connectivity index (χ1n) is 6.21. The summed E-state index contributed by atoms with van der Waals surface area (Å²) < 4.78 is 19.6. The molecule has 9 nitrogen and oxygen atoms in total. The summed E-state index contributed by atoms with van der Waals surface area (Å²) in [5.74, 6) is 0.108. The lowest BCUT2D eigenvalue weighted by Gasteiger charge is -2.53. The second-order valence-corrected chi connectivity index (χ2v) is 4.75. The Kier molecular flexibility index (Phi) is 3.24. The number of aliphatic hydroxyl groups is 3. The minimum atomic E-state index is -1.81. The largest absolute Gasteiger partial charge is 0.394 e. The van der Waals surface area contributed by atoms with Gasteiger partial charge < -0.3 is 25.8 Å². The molecule has 2 aromatic heterocycles. The maximum absolute atomic E-state index is 13.0. The first kappa shape index (κ1) is 14.1. The highest BCUT2D eigenvalue weighted by Gasteiger charge is 2.61. The van der Waals surface area contributed by atoms with Crippen LogP contribution in [0.5, 0.6) is 0 Å². The van der Waals surface area contributed by atoms with Crippen molar-refractivity contribution in [3.05, 3.63) is 12.7 Å². The number of hydrogen-bond acceptors (Lipinski definition) is 8. The minimum Gasteiger partial charge on any atom is -0.394 e. The van der Waals surface area contributed by atoms with Gasteiger partial charge in [-0.25, -0.2) is 19.3 Å². The first-order chi connectivity index (χ1) is 10.1. The normalized spacial score (nSPS) is 30.3. The van der Waals surface area contributed by atoms with Crippen LogP contribution in [-0.2, 0) is 10.5 Å². The molecule has 1 saturated heterocycles. The van der Waals surface area contributed by atoms with E-state index in [1.54, 1.807) is 0 Å². The van der Waals surface area contributed by atoms with Crippen molar-refractivity contribution in [1.29, 1.82) is 0 Å². The molecule has 5 N–H and O–H groups in total. The van der Waals surface area contributed by atoms with Gasteiger partial charge in [0, 0.05) is 0 Å². The molecule has 21 heavy (non-hydrogen) atoms. The Morgan fingerprint density at radius 1 is 1.48 bits per heavy atom. The van der Waals surface area contributed by atoms with Crippen molar-refractivity contribution in [2.75, 3.05) is 19.0 Å². The molecule has 2 aromatic rings. The minimum absolute atomic E-state index is 0.108. The van der Waals surface area contributed by atoms with Gasteiger partial charge in [0.05, 0.1) is 12.9 Å². The van der Waals surface area contributed by atoms with E-state index in [2.05, 4.69) is 15.0 Å². The first-order valence-corrected chi connectivity index (χ1v) is 6.21. The number of ether oxygens (including phenoxy) is 1. The van der Waals surface area contributed by atoms with E-state index in [0.29, 0.717) is 0 Å². The van der Waals surface area contributed by atoms with Crippen LogP contribution in [0.4, 0.5) is 10.2 Å². The molecule has 0 bridgehead atoms. The number of rotatable bonds is 4. The molecular formula is C11H14FN5O4. The average Bonchev–Trinajstić information content (AvgIpc) is 2.92. The summed E-state index contributed by atoms with van der Waals surface area (Å²) in [5.41, 5.74) is 4.28. The Morgan fingerprint density at radius 3 is 2.86 bits per heavy atom. The lowest BCUT2D eigenvalue weighted by molar-refractivity contribution is -0.369. The van der Waals surface area contributed by atoms with E-state index in [1.165, 1.54) is 17.2 Å². The average molecular weight is 299 g/mol. The molecule has 0 aromatic carbocycles. The number of fused-ring (bicyclic) bond motifs is 1. The summed E-state index contributed by atoms with van der Waals surface area (Å²) in [5, 5.41) is 29.2. The van der Waals surface area contributed by atoms with Crippen molar-refractivity contribution in [2.45, 2.75) is 24.0 Å². The number of nitrogen functional groups attached to an aromatic ring is 1. The number of nitrogens with zero attached hydrogens (tertiary/aromatic N) is 4. The van der Waals surface area contributed by atoms with Gasteiger partial charge in [-0.15, -0.1) is 0 Å². The fourth-order valence-electron chi connectivity index (χ4n) is 2.56. The summed E-state index contributed by atoms with van der Waals surface area (Å²) in [7, 11) is 0. The molecule has 10 heteroatoms. The Hall–Kier alpha value is -1.88. The van der Waals surface area contributed by atoms with E-state index in [4.69, 9.17) is 15.6 Å². The molecule has 1 fully saturated rings. The van der Waals surface area contributed by atoms with Gasteiger partial charge in [0.2, 0.25) is 5.72 Å². The van der Waals surface area contributed by atoms with E-state index >= 15 is 0 Å². The number of hydrogen-bond donors (Lipinski definition) is 4. The van der Waals surface area contributed by atoms with Crippen molar-refractivity contribution in [3.8, 4) is 0 Å². The second-order valence-electron chi connectivity index (χ2n) is 4.75. The van der Waals surface area contributed by atoms with Crippen LogP contribution in [0.25, 0.3) is 11.2 Å². The van der Waals surface area contributed by atoms with Crippen LogP contribution >= 0.6 is 0 Å². The molecule has 3 heterocycles. The summed E-state index contributed by atoms with van der Waals surface area (Å²) in [4.78, 5) is 11.7. The fraction of sp³-hybridized carbons (Fsp3) is 0.545. The highest BCUT2D eigenvalue weighted by atomic mass is 19.1. The summed E-state index contributed by atoms with van der Waals surface area (Å²) in [6.07, 6.45) is -1.51. The molecule has 0 aliphatic carbocycles. The Balaban J connectivity index is 2.15. The second kappa shape index (κ2) is 4.84. The predicted molar refractivity (Wildman–Crippen MR) is 67.7 cm³/mol. The molecule has 0 radical (unpaired) electrons. The zero-order chi connectivity index (χ0) is 15.2. The maximum Gasteiger partial charge on any atom is 0.205 e. The summed E-state index contributed by atoms with van der Waals surface area (Å²) in [6, 6.07) is 0. The summed E-state index contributed by atoms with van der Waals surface area (Å²) in [6.45, 7) is -1.62. The third-order valence-electron chi connectivity index (χ3n) is 3.66. The molecule has 0 amide bonds. The lowest BCUT2D eigenvalue weighted by atomic mass is 9.88. The van der Waals surface area contributed by atoms with Gasteiger partial charge in [0.15, 0.2) is 11.5 Å². The van der Waals surface area contributed by atoms with Crippen molar-refractivity contribution in [1.82, 2.24) is 19.5 Å². The van der Waals surface area contributed by atoms with Crippen molar-refractivity contribution < 1.29 is 24.4 Å². The number of aliphatic hydroxyl groups excluding tert-OH is 3. The molecule has 3 rings (SSSR count). The van der Waals surface area contributed by atoms with Crippen LogP contribution in [0.2, 0.25) is 0 Å². The van der Waals surface area contributed by atoms with Crippen molar-refractivity contribution in [3.63, 3.8) is 0 Å². The zero-order valence-corrected chi connectivity index (χ0v) is 10.8. The maximum atomic E-state index is 13.0. The highest BCUT2D eigenvalue weighted by Crippen LogP contribution is 2.42. The third-order valence-corrected chi connectivity index (χ3v) is 3.66. The van der Waals surface area contributed by atoms with Gasteiger partial charge in [-0.05, 0) is 0 Å².